The molecule has 0 unspecified atom stereocenters. The summed E-state index contributed by atoms with van der Waals surface area (Å²) in [5, 5.41) is 12.7. The molecule has 1 amide bonds. The summed E-state index contributed by atoms with van der Waals surface area (Å²) in [5.74, 6) is 0.0732. The number of rotatable bonds is 5. The SMILES string of the molecule is NC1CCC(NC(=O)[C@H](Cc2ccc(O)cc2)c2ccccc2)CC1. The van der Waals surface area contributed by atoms with Gasteiger partial charge >= 0.3 is 0 Å². The lowest BCUT2D eigenvalue weighted by Crippen LogP contribution is -2.42. The normalized spacial score (nSPS) is 21.5. The molecule has 1 aliphatic rings. The van der Waals surface area contributed by atoms with E-state index in [9.17, 15) is 9.90 Å². The lowest BCUT2D eigenvalue weighted by atomic mass is 9.88. The van der Waals surface area contributed by atoms with Gasteiger partial charge in [0, 0.05) is 12.1 Å². The summed E-state index contributed by atoms with van der Waals surface area (Å²) < 4.78 is 0. The van der Waals surface area contributed by atoms with E-state index in [2.05, 4.69) is 5.32 Å². The van der Waals surface area contributed by atoms with E-state index in [0.29, 0.717) is 6.42 Å². The number of aromatic hydroxyl groups is 1. The molecule has 132 valence electrons. The van der Waals surface area contributed by atoms with Crippen molar-refractivity contribution in [3.63, 3.8) is 0 Å². The van der Waals surface area contributed by atoms with Crippen LogP contribution >= 0.6 is 0 Å². The van der Waals surface area contributed by atoms with Crippen LogP contribution in [0, 0.1) is 0 Å². The van der Waals surface area contributed by atoms with E-state index in [1.165, 1.54) is 0 Å². The van der Waals surface area contributed by atoms with E-state index in [0.717, 1.165) is 36.8 Å². The predicted octanol–water partition coefficient (Wildman–Crippen LogP) is 3.10. The Balaban J connectivity index is 1.73. The Morgan fingerprint density at radius 3 is 2.32 bits per heavy atom. The molecule has 0 radical (unpaired) electrons. The van der Waals surface area contributed by atoms with Crippen molar-refractivity contribution >= 4 is 5.91 Å². The summed E-state index contributed by atoms with van der Waals surface area (Å²) in [7, 11) is 0. The molecule has 4 nitrogen and oxygen atoms in total. The third kappa shape index (κ3) is 4.83. The van der Waals surface area contributed by atoms with Gasteiger partial charge in [-0.15, -0.1) is 0 Å². The van der Waals surface area contributed by atoms with Crippen LogP contribution in [0.5, 0.6) is 5.75 Å². The van der Waals surface area contributed by atoms with Crippen molar-refractivity contribution < 1.29 is 9.90 Å². The van der Waals surface area contributed by atoms with Gasteiger partial charge in [-0.05, 0) is 55.4 Å². The summed E-state index contributed by atoms with van der Waals surface area (Å²) in [4.78, 5) is 13.0. The van der Waals surface area contributed by atoms with Crippen molar-refractivity contribution in [1.82, 2.24) is 5.32 Å². The minimum absolute atomic E-state index is 0.0692. The highest BCUT2D eigenvalue weighted by Gasteiger charge is 2.25. The van der Waals surface area contributed by atoms with Crippen LogP contribution in [0.1, 0.15) is 42.7 Å². The second-order valence-electron chi connectivity index (χ2n) is 6.95. The van der Waals surface area contributed by atoms with Crippen molar-refractivity contribution in [3.05, 3.63) is 65.7 Å². The van der Waals surface area contributed by atoms with Crippen LogP contribution in [0.2, 0.25) is 0 Å². The summed E-state index contributed by atoms with van der Waals surface area (Å²) in [6, 6.07) is 17.5. The Morgan fingerprint density at radius 2 is 1.68 bits per heavy atom. The number of nitrogens with two attached hydrogens (primary N) is 1. The van der Waals surface area contributed by atoms with Gasteiger partial charge in [0.2, 0.25) is 5.91 Å². The second-order valence-corrected chi connectivity index (χ2v) is 6.95. The smallest absolute Gasteiger partial charge is 0.228 e. The lowest BCUT2D eigenvalue weighted by Gasteiger charge is -2.28. The number of phenols is 1. The Kier molecular flexibility index (Phi) is 5.71. The number of hydrogen-bond donors (Lipinski definition) is 3. The monoisotopic (exact) mass is 338 g/mol. The fourth-order valence-electron chi connectivity index (χ4n) is 3.48. The van der Waals surface area contributed by atoms with Crippen LogP contribution in [-0.2, 0) is 11.2 Å². The van der Waals surface area contributed by atoms with E-state index < -0.39 is 0 Å². The maximum absolute atomic E-state index is 13.0. The van der Waals surface area contributed by atoms with Gasteiger partial charge in [-0.1, -0.05) is 42.5 Å². The summed E-state index contributed by atoms with van der Waals surface area (Å²) in [5.41, 5.74) is 8.01. The molecular weight excluding hydrogens is 312 g/mol. The van der Waals surface area contributed by atoms with Crippen LogP contribution < -0.4 is 11.1 Å². The van der Waals surface area contributed by atoms with Crippen molar-refractivity contribution in [2.24, 2.45) is 5.73 Å². The second kappa shape index (κ2) is 8.17. The zero-order chi connectivity index (χ0) is 17.6. The maximum atomic E-state index is 13.0. The van der Waals surface area contributed by atoms with Gasteiger partial charge in [0.25, 0.3) is 0 Å². The molecule has 0 aliphatic heterocycles. The highest BCUT2D eigenvalue weighted by molar-refractivity contribution is 5.84. The van der Waals surface area contributed by atoms with Crippen molar-refractivity contribution in [1.29, 1.82) is 0 Å². The number of benzene rings is 2. The minimum Gasteiger partial charge on any atom is -0.508 e. The molecule has 1 aliphatic carbocycles. The van der Waals surface area contributed by atoms with E-state index >= 15 is 0 Å². The number of carbonyl (C=O) groups is 1. The van der Waals surface area contributed by atoms with Crippen molar-refractivity contribution in [2.45, 2.75) is 50.1 Å². The molecule has 1 fully saturated rings. The predicted molar refractivity (Wildman–Crippen MR) is 99.4 cm³/mol. The van der Waals surface area contributed by atoms with Gasteiger partial charge in [0.1, 0.15) is 5.75 Å². The number of phenolic OH excluding ortho intramolecular Hbond substituents is 1. The van der Waals surface area contributed by atoms with Gasteiger partial charge in [0.15, 0.2) is 0 Å². The molecule has 4 N–H and O–H groups in total. The van der Waals surface area contributed by atoms with Gasteiger partial charge in [-0.25, -0.2) is 0 Å². The first-order valence-corrected chi connectivity index (χ1v) is 9.00. The largest absolute Gasteiger partial charge is 0.508 e. The van der Waals surface area contributed by atoms with Gasteiger partial charge in [-0.2, -0.15) is 0 Å². The first-order chi connectivity index (χ1) is 12.1. The van der Waals surface area contributed by atoms with E-state index in [1.54, 1.807) is 12.1 Å². The molecule has 3 rings (SSSR count). The third-order valence-corrected chi connectivity index (χ3v) is 5.01. The fraction of sp³-hybridized carbons (Fsp3) is 0.381. The lowest BCUT2D eigenvalue weighted by molar-refractivity contribution is -0.123. The van der Waals surface area contributed by atoms with Crippen molar-refractivity contribution in [2.75, 3.05) is 0 Å². The zero-order valence-corrected chi connectivity index (χ0v) is 14.4. The molecule has 4 heteroatoms. The van der Waals surface area contributed by atoms with E-state index in [4.69, 9.17) is 5.73 Å². The molecule has 2 aromatic rings. The average Bonchev–Trinajstić information content (AvgIpc) is 2.64. The Bertz CT molecular complexity index is 677. The van der Waals surface area contributed by atoms with Crippen LogP contribution in [-0.4, -0.2) is 23.1 Å². The molecule has 25 heavy (non-hydrogen) atoms. The molecule has 0 bridgehead atoms. The summed E-state index contributed by atoms with van der Waals surface area (Å²) in [6.07, 6.45) is 4.46. The van der Waals surface area contributed by atoms with Gasteiger partial charge in [-0.3, -0.25) is 4.79 Å². The zero-order valence-electron chi connectivity index (χ0n) is 14.4. The van der Waals surface area contributed by atoms with Crippen LogP contribution in [0.15, 0.2) is 54.6 Å². The molecular formula is C21H26N2O2. The molecule has 1 atom stereocenters. The number of amides is 1. The van der Waals surface area contributed by atoms with Crippen LogP contribution in [0.25, 0.3) is 0 Å². The highest BCUT2D eigenvalue weighted by Crippen LogP contribution is 2.24. The quantitative estimate of drug-likeness (QED) is 0.784. The number of hydrogen-bond acceptors (Lipinski definition) is 3. The first kappa shape index (κ1) is 17.5. The number of carbonyl (C=O) groups excluding carboxylic acids is 1. The molecule has 1 saturated carbocycles. The molecule has 0 spiro atoms. The fourth-order valence-corrected chi connectivity index (χ4v) is 3.48. The standard InChI is InChI=1S/C21H26N2O2/c22-17-8-10-18(11-9-17)23-21(25)20(16-4-2-1-3-5-16)14-15-6-12-19(24)13-7-15/h1-7,12-13,17-18,20,24H,8-11,14,22H2,(H,23,25)/t17?,18?,20-/m1/s1. The molecule has 0 saturated heterocycles. The third-order valence-electron chi connectivity index (χ3n) is 5.01. The van der Waals surface area contributed by atoms with Crippen LogP contribution in [0.3, 0.4) is 0 Å². The highest BCUT2D eigenvalue weighted by atomic mass is 16.3. The van der Waals surface area contributed by atoms with E-state index in [-0.39, 0.29) is 29.7 Å². The molecule has 0 heterocycles. The van der Waals surface area contributed by atoms with Gasteiger partial charge < -0.3 is 16.2 Å². The molecule has 0 aromatic heterocycles. The summed E-state index contributed by atoms with van der Waals surface area (Å²) >= 11 is 0. The van der Waals surface area contributed by atoms with Crippen molar-refractivity contribution in [3.8, 4) is 5.75 Å². The van der Waals surface area contributed by atoms with E-state index in [1.807, 2.05) is 42.5 Å². The molecule has 2 aromatic carbocycles. The summed E-state index contributed by atoms with van der Waals surface area (Å²) in [6.45, 7) is 0. The maximum Gasteiger partial charge on any atom is 0.228 e. The Labute approximate surface area is 149 Å². The Hall–Kier alpha value is -2.33. The number of nitrogens with one attached hydrogen (secondary N) is 1. The Morgan fingerprint density at radius 1 is 1.04 bits per heavy atom. The first-order valence-electron chi connectivity index (χ1n) is 9.00. The van der Waals surface area contributed by atoms with Gasteiger partial charge in [0.05, 0.1) is 5.92 Å². The van der Waals surface area contributed by atoms with Crippen LogP contribution in [0.4, 0.5) is 0 Å². The average molecular weight is 338 g/mol. The minimum atomic E-state index is -0.235. The topological polar surface area (TPSA) is 75.3 Å².